The maximum Gasteiger partial charge on any atom is 0.317 e. The molecule has 2 rings (SSSR count). The second-order valence-electron chi connectivity index (χ2n) is 5.87. The molecule has 2 amide bonds. The molecule has 7 heteroatoms. The van der Waals surface area contributed by atoms with Gasteiger partial charge in [-0.15, -0.1) is 0 Å². The highest BCUT2D eigenvalue weighted by atomic mass is 35.5. The summed E-state index contributed by atoms with van der Waals surface area (Å²) in [5, 5.41) is 13.1. The third kappa shape index (κ3) is 3.47. The van der Waals surface area contributed by atoms with Crippen LogP contribution in [0, 0.1) is 5.41 Å². The molecule has 1 aromatic carbocycles. The van der Waals surface area contributed by atoms with Gasteiger partial charge in [0.25, 0.3) is 0 Å². The number of likely N-dealkylation sites (tertiary alicyclic amines) is 1. The number of carbonyl (C=O) groups is 2. The van der Waals surface area contributed by atoms with Crippen LogP contribution in [0.2, 0.25) is 10.0 Å². The summed E-state index contributed by atoms with van der Waals surface area (Å²) in [4.78, 5) is 25.0. The number of urea groups is 1. The number of amides is 2. The summed E-state index contributed by atoms with van der Waals surface area (Å²) in [6.07, 6.45) is 0.450. The van der Waals surface area contributed by atoms with Crippen LogP contribution in [0.25, 0.3) is 0 Å². The monoisotopic (exact) mass is 344 g/mol. The van der Waals surface area contributed by atoms with Gasteiger partial charge in [0.15, 0.2) is 0 Å². The summed E-state index contributed by atoms with van der Waals surface area (Å²) in [7, 11) is 0. The molecule has 0 aromatic heterocycles. The summed E-state index contributed by atoms with van der Waals surface area (Å²) < 4.78 is 0. The van der Waals surface area contributed by atoms with E-state index < -0.39 is 11.4 Å². The summed E-state index contributed by atoms with van der Waals surface area (Å²) in [5.41, 5.74) is -0.113. The summed E-state index contributed by atoms with van der Waals surface area (Å²) in [6, 6.07) is 4.51. The Labute approximate surface area is 139 Å². The first-order valence-corrected chi connectivity index (χ1v) is 7.72. The Morgan fingerprint density at radius 3 is 2.64 bits per heavy atom. The number of nitrogens with one attached hydrogen (secondary N) is 1. The molecule has 0 aliphatic carbocycles. The first kappa shape index (κ1) is 16.9. The fourth-order valence-corrected chi connectivity index (χ4v) is 3.09. The normalized spacial score (nSPS) is 22.5. The third-order valence-corrected chi connectivity index (χ3v) is 4.61. The van der Waals surface area contributed by atoms with Crippen LogP contribution in [0.15, 0.2) is 18.2 Å². The SMILES string of the molecule is CC(NC(=O)N1CCC(C)(C(=O)O)C1)c1ccc(Cl)cc1Cl. The lowest BCUT2D eigenvalue weighted by molar-refractivity contribution is -0.146. The number of rotatable bonds is 3. The molecule has 1 fully saturated rings. The fraction of sp³-hybridized carbons (Fsp3) is 0.467. The van der Waals surface area contributed by atoms with Crippen molar-refractivity contribution in [1.82, 2.24) is 10.2 Å². The molecular formula is C15H18Cl2N2O3. The number of benzene rings is 1. The van der Waals surface area contributed by atoms with Gasteiger partial charge in [0, 0.05) is 23.1 Å². The van der Waals surface area contributed by atoms with Gasteiger partial charge in [-0.25, -0.2) is 4.79 Å². The zero-order valence-corrected chi connectivity index (χ0v) is 13.9. The van der Waals surface area contributed by atoms with Gasteiger partial charge in [-0.3, -0.25) is 4.79 Å². The number of carboxylic acids is 1. The van der Waals surface area contributed by atoms with Crippen LogP contribution in [0.4, 0.5) is 4.79 Å². The van der Waals surface area contributed by atoms with E-state index in [0.29, 0.717) is 23.0 Å². The van der Waals surface area contributed by atoms with Crippen molar-refractivity contribution >= 4 is 35.2 Å². The first-order valence-electron chi connectivity index (χ1n) is 6.97. The Morgan fingerprint density at radius 2 is 2.09 bits per heavy atom. The number of nitrogens with zero attached hydrogens (tertiary/aromatic N) is 1. The van der Waals surface area contributed by atoms with Gasteiger partial charge < -0.3 is 15.3 Å². The maximum absolute atomic E-state index is 12.3. The Balaban J connectivity index is 2.02. The van der Waals surface area contributed by atoms with E-state index in [9.17, 15) is 14.7 Å². The smallest absolute Gasteiger partial charge is 0.317 e. The second kappa shape index (κ2) is 6.34. The van der Waals surface area contributed by atoms with Crippen molar-refractivity contribution in [3.8, 4) is 0 Å². The molecule has 120 valence electrons. The van der Waals surface area contributed by atoms with Crippen molar-refractivity contribution < 1.29 is 14.7 Å². The van der Waals surface area contributed by atoms with Crippen molar-refractivity contribution in [2.45, 2.75) is 26.3 Å². The topological polar surface area (TPSA) is 69.6 Å². The molecule has 22 heavy (non-hydrogen) atoms. The van der Waals surface area contributed by atoms with Crippen molar-refractivity contribution in [2.24, 2.45) is 5.41 Å². The molecule has 1 heterocycles. The van der Waals surface area contributed by atoms with Gasteiger partial charge in [0.2, 0.25) is 0 Å². The van der Waals surface area contributed by atoms with Gasteiger partial charge in [-0.05, 0) is 38.0 Å². The average molecular weight is 345 g/mol. The molecular weight excluding hydrogens is 327 g/mol. The lowest BCUT2D eigenvalue weighted by Crippen LogP contribution is -2.41. The first-order chi connectivity index (χ1) is 10.2. The summed E-state index contributed by atoms with van der Waals surface area (Å²) >= 11 is 12.0. The Bertz CT molecular complexity index is 608. The van der Waals surface area contributed by atoms with E-state index in [0.717, 1.165) is 5.56 Å². The highest BCUT2D eigenvalue weighted by Crippen LogP contribution is 2.31. The molecule has 1 saturated heterocycles. The fourth-order valence-electron chi connectivity index (χ4n) is 2.52. The van der Waals surface area contributed by atoms with E-state index in [2.05, 4.69) is 5.32 Å². The van der Waals surface area contributed by atoms with Crippen molar-refractivity contribution in [3.63, 3.8) is 0 Å². The van der Waals surface area contributed by atoms with Gasteiger partial charge in [-0.2, -0.15) is 0 Å². The molecule has 0 bridgehead atoms. The number of hydrogen-bond acceptors (Lipinski definition) is 2. The molecule has 2 atom stereocenters. The average Bonchev–Trinajstić information content (AvgIpc) is 2.82. The standard InChI is InChI=1S/C15H18Cl2N2O3/c1-9(11-4-3-10(16)7-12(11)17)18-14(22)19-6-5-15(2,8-19)13(20)21/h3-4,7,9H,5-6,8H2,1-2H3,(H,18,22)(H,20,21). The van der Waals surface area contributed by atoms with Gasteiger partial charge in [-0.1, -0.05) is 29.3 Å². The van der Waals surface area contributed by atoms with E-state index >= 15 is 0 Å². The molecule has 0 spiro atoms. The molecule has 5 nitrogen and oxygen atoms in total. The minimum atomic E-state index is -0.878. The molecule has 2 unspecified atom stereocenters. The number of carboxylic acid groups (broad SMARTS) is 1. The molecule has 1 aliphatic heterocycles. The van der Waals surface area contributed by atoms with Crippen molar-refractivity contribution in [3.05, 3.63) is 33.8 Å². The van der Waals surface area contributed by atoms with E-state index in [-0.39, 0.29) is 18.6 Å². The number of halogens is 2. The van der Waals surface area contributed by atoms with Crippen LogP contribution >= 0.6 is 23.2 Å². The van der Waals surface area contributed by atoms with Crippen LogP contribution in [0.5, 0.6) is 0 Å². The van der Waals surface area contributed by atoms with Crippen LogP contribution in [0.1, 0.15) is 31.9 Å². The highest BCUT2D eigenvalue weighted by Gasteiger charge is 2.42. The van der Waals surface area contributed by atoms with Gasteiger partial charge >= 0.3 is 12.0 Å². The van der Waals surface area contributed by atoms with Crippen LogP contribution in [-0.4, -0.2) is 35.1 Å². The molecule has 2 N–H and O–H groups in total. The summed E-state index contributed by atoms with van der Waals surface area (Å²) in [6.45, 7) is 4.10. The Kier molecular flexibility index (Phi) is 4.87. The van der Waals surface area contributed by atoms with Gasteiger partial charge in [0.05, 0.1) is 11.5 Å². The molecule has 1 aliphatic rings. The Morgan fingerprint density at radius 1 is 1.41 bits per heavy atom. The quantitative estimate of drug-likeness (QED) is 0.880. The van der Waals surface area contributed by atoms with Crippen molar-refractivity contribution in [2.75, 3.05) is 13.1 Å². The minimum Gasteiger partial charge on any atom is -0.481 e. The molecule has 0 radical (unpaired) electrons. The zero-order valence-electron chi connectivity index (χ0n) is 12.4. The predicted molar refractivity (Wildman–Crippen MR) is 85.3 cm³/mol. The maximum atomic E-state index is 12.3. The van der Waals surface area contributed by atoms with Crippen LogP contribution in [-0.2, 0) is 4.79 Å². The second-order valence-corrected chi connectivity index (χ2v) is 6.72. The van der Waals surface area contributed by atoms with Crippen molar-refractivity contribution in [1.29, 1.82) is 0 Å². The van der Waals surface area contributed by atoms with E-state index in [1.807, 2.05) is 6.92 Å². The predicted octanol–water partition coefficient (Wildman–Crippen LogP) is 3.56. The Hall–Kier alpha value is -1.46. The van der Waals surface area contributed by atoms with Crippen LogP contribution in [0.3, 0.4) is 0 Å². The number of carbonyl (C=O) groups excluding carboxylic acids is 1. The largest absolute Gasteiger partial charge is 0.481 e. The highest BCUT2D eigenvalue weighted by molar-refractivity contribution is 6.35. The number of hydrogen-bond donors (Lipinski definition) is 2. The third-order valence-electron chi connectivity index (χ3n) is 4.05. The summed E-state index contributed by atoms with van der Waals surface area (Å²) in [5.74, 6) is -0.878. The minimum absolute atomic E-state index is 0.204. The van der Waals surface area contributed by atoms with E-state index in [4.69, 9.17) is 23.2 Å². The van der Waals surface area contributed by atoms with Gasteiger partial charge in [0.1, 0.15) is 0 Å². The van der Waals surface area contributed by atoms with E-state index in [1.165, 1.54) is 4.90 Å². The lowest BCUT2D eigenvalue weighted by atomic mass is 9.90. The molecule has 1 aromatic rings. The molecule has 0 saturated carbocycles. The van der Waals surface area contributed by atoms with E-state index in [1.54, 1.807) is 25.1 Å². The zero-order chi connectivity index (χ0) is 16.5. The number of aliphatic carboxylic acids is 1. The lowest BCUT2D eigenvalue weighted by Gasteiger charge is -2.23. The van der Waals surface area contributed by atoms with Crippen LogP contribution < -0.4 is 5.32 Å².